The van der Waals surface area contributed by atoms with E-state index in [0.29, 0.717) is 32.1 Å². The van der Waals surface area contributed by atoms with Gasteiger partial charge in [0.1, 0.15) is 43.2 Å². The van der Waals surface area contributed by atoms with E-state index in [1.54, 1.807) is 12.2 Å². The molecule has 60 heavy (non-hydrogen) atoms. The van der Waals surface area contributed by atoms with Crippen LogP contribution in [0.4, 0.5) is 0 Å². The van der Waals surface area contributed by atoms with Gasteiger partial charge in [0.15, 0.2) is 6.10 Å². The fraction of sp³-hybridized carbons (Fsp3) is 0.733. The summed E-state index contributed by atoms with van der Waals surface area (Å²) >= 11 is 0. The molecule has 0 spiro atoms. The molecule has 1 fully saturated rings. The highest BCUT2D eigenvalue weighted by Crippen LogP contribution is 2.47. The van der Waals surface area contributed by atoms with Crippen molar-refractivity contribution >= 4 is 19.8 Å². The maximum atomic E-state index is 12.8. The number of aliphatic hydroxyl groups is 6. The van der Waals surface area contributed by atoms with Gasteiger partial charge in [0.25, 0.3) is 0 Å². The zero-order valence-corrected chi connectivity index (χ0v) is 37.0. The molecule has 1 saturated carbocycles. The predicted molar refractivity (Wildman–Crippen MR) is 232 cm³/mol. The summed E-state index contributed by atoms with van der Waals surface area (Å²) in [5, 5.41) is 60.1. The van der Waals surface area contributed by atoms with Gasteiger partial charge in [-0.25, -0.2) is 4.57 Å². The highest BCUT2D eigenvalue weighted by Gasteiger charge is 2.51. The van der Waals surface area contributed by atoms with Gasteiger partial charge in [-0.15, -0.1) is 0 Å². The van der Waals surface area contributed by atoms with Crippen molar-refractivity contribution in [2.45, 2.75) is 198 Å². The molecule has 14 nitrogen and oxygen atoms in total. The monoisotopic (exact) mass is 873 g/mol. The van der Waals surface area contributed by atoms with Crippen LogP contribution in [0.5, 0.6) is 0 Å². The second-order valence-corrected chi connectivity index (χ2v) is 16.8. The van der Waals surface area contributed by atoms with Crippen molar-refractivity contribution in [3.8, 4) is 0 Å². The van der Waals surface area contributed by atoms with Crippen molar-refractivity contribution in [1.82, 2.24) is 0 Å². The van der Waals surface area contributed by atoms with Crippen LogP contribution in [0.25, 0.3) is 0 Å². The normalized spacial score (nSPS) is 23.3. The van der Waals surface area contributed by atoms with Crippen LogP contribution in [0, 0.1) is 0 Å². The number of carbonyl (C=O) groups excluding carboxylic acids is 2. The fourth-order valence-corrected chi connectivity index (χ4v) is 7.32. The van der Waals surface area contributed by atoms with Gasteiger partial charge in [-0.2, -0.15) is 0 Å². The summed E-state index contributed by atoms with van der Waals surface area (Å²) in [6.45, 7) is 3.04. The van der Waals surface area contributed by atoms with Gasteiger partial charge in [0, 0.05) is 12.8 Å². The van der Waals surface area contributed by atoms with Crippen molar-refractivity contribution in [3.05, 3.63) is 60.8 Å². The molecule has 4 unspecified atom stereocenters. The number of allylic oxidation sites excluding steroid dienone is 8. The third kappa shape index (κ3) is 27.5. The average Bonchev–Trinajstić information content (AvgIpc) is 3.22. The zero-order valence-electron chi connectivity index (χ0n) is 36.1. The van der Waals surface area contributed by atoms with Gasteiger partial charge in [0.05, 0.1) is 12.7 Å². The molecule has 0 saturated heterocycles. The Morgan fingerprint density at radius 1 is 0.617 bits per heavy atom. The summed E-state index contributed by atoms with van der Waals surface area (Å²) in [6.07, 6.45) is 24.5. The largest absolute Gasteiger partial charge is 0.472 e. The lowest BCUT2D eigenvalue weighted by molar-refractivity contribution is -0.220. The lowest BCUT2D eigenvalue weighted by Gasteiger charge is -2.41. The van der Waals surface area contributed by atoms with E-state index in [2.05, 4.69) is 26.0 Å². The summed E-state index contributed by atoms with van der Waals surface area (Å²) in [5.74, 6) is -1.21. The van der Waals surface area contributed by atoms with Crippen molar-refractivity contribution in [2.24, 2.45) is 0 Å². The Balaban J connectivity index is 2.55. The maximum Gasteiger partial charge on any atom is 0.472 e. The Labute approximate surface area is 358 Å². The second-order valence-electron chi connectivity index (χ2n) is 15.4. The molecule has 9 atom stereocenters. The molecule has 0 aromatic heterocycles. The lowest BCUT2D eigenvalue weighted by Crippen LogP contribution is -2.64. The third-order valence-electron chi connectivity index (χ3n) is 9.95. The first-order chi connectivity index (χ1) is 28.8. The Hall–Kier alpha value is -2.49. The van der Waals surface area contributed by atoms with Crippen LogP contribution in [-0.2, 0) is 32.7 Å². The van der Waals surface area contributed by atoms with Gasteiger partial charge < -0.3 is 45.0 Å². The Morgan fingerprint density at radius 2 is 1.15 bits per heavy atom. The minimum absolute atomic E-state index is 0.0557. The van der Waals surface area contributed by atoms with Gasteiger partial charge in [-0.05, 0) is 44.9 Å². The molecule has 15 heteroatoms. The van der Waals surface area contributed by atoms with Crippen molar-refractivity contribution in [2.75, 3.05) is 13.2 Å². The smallest absolute Gasteiger partial charge is 0.462 e. The van der Waals surface area contributed by atoms with Crippen molar-refractivity contribution < 1.29 is 68.2 Å². The molecular formula is C45H77O14P. The molecule has 0 radical (unpaired) electrons. The van der Waals surface area contributed by atoms with Crippen LogP contribution in [0.1, 0.15) is 149 Å². The highest BCUT2D eigenvalue weighted by molar-refractivity contribution is 7.47. The quantitative estimate of drug-likeness (QED) is 0.0110. The first-order valence-corrected chi connectivity index (χ1v) is 23.7. The molecule has 0 bridgehead atoms. The molecule has 0 aromatic carbocycles. The Morgan fingerprint density at radius 3 is 1.77 bits per heavy atom. The molecule has 0 amide bonds. The number of rotatable bonds is 35. The van der Waals surface area contributed by atoms with Crippen molar-refractivity contribution in [1.29, 1.82) is 0 Å². The van der Waals surface area contributed by atoms with E-state index in [1.165, 1.54) is 51.4 Å². The number of phosphoric acid groups is 1. The Kier molecular flexibility index (Phi) is 32.4. The molecule has 0 aromatic rings. The minimum Gasteiger partial charge on any atom is -0.462 e. The van der Waals surface area contributed by atoms with Crippen LogP contribution in [0.15, 0.2) is 60.8 Å². The van der Waals surface area contributed by atoms with Crippen LogP contribution in [0.3, 0.4) is 0 Å². The van der Waals surface area contributed by atoms with E-state index in [4.69, 9.17) is 18.5 Å². The molecular weight excluding hydrogens is 795 g/mol. The van der Waals surface area contributed by atoms with E-state index in [0.717, 1.165) is 38.5 Å². The topological polar surface area (TPSA) is 230 Å². The van der Waals surface area contributed by atoms with Gasteiger partial charge in [0.2, 0.25) is 0 Å². The molecule has 1 aliphatic rings. The molecule has 0 aliphatic heterocycles. The fourth-order valence-electron chi connectivity index (χ4n) is 6.35. The van der Waals surface area contributed by atoms with Gasteiger partial charge in [-0.1, -0.05) is 152 Å². The lowest BCUT2D eigenvalue weighted by atomic mass is 9.85. The first kappa shape index (κ1) is 55.5. The van der Waals surface area contributed by atoms with Crippen LogP contribution in [0.2, 0.25) is 0 Å². The standard InChI is InChI=1S/C45H77O14P/c1-3-5-7-9-11-12-13-14-15-16-21-25-29-33-39(48)58-37(35-57-60(54,55)59-45-43(52)41(50)40(49)42(51)44(45)53)34-56-38(47)32-28-24-20-18-17-19-23-27-31-36(46)30-26-22-10-8-6-4-2/h6,8,18-20,22-23,26-27,31,36-37,40-46,49-53H,3-5,7,9-17,21,24-25,28-30,32-35H2,1-2H3,(H,54,55)/b8-6-,20-18-,23-19-,26-22-,31-27+/t36?,37-,40?,41-,42+,43-,44-,45?/m1/s1. The summed E-state index contributed by atoms with van der Waals surface area (Å²) < 4.78 is 33.4. The number of esters is 2. The van der Waals surface area contributed by atoms with E-state index in [1.807, 2.05) is 36.5 Å². The first-order valence-electron chi connectivity index (χ1n) is 22.2. The SMILES string of the molecule is CC/C=C\C/C=C\CC(O)/C=C/C=C\C/C=C\CCCC(=O)OC[C@H](COP(=O)(O)OC1[C@H](O)[C@H](O)C(O)[C@H](O)[C@H]1O)OC(=O)CCCCCCCCCCCCCCC. The molecule has 1 rings (SSSR count). The summed E-state index contributed by atoms with van der Waals surface area (Å²) in [6, 6.07) is 0. The number of aliphatic hydroxyl groups excluding tert-OH is 6. The predicted octanol–water partition coefficient (Wildman–Crippen LogP) is 7.14. The molecule has 7 N–H and O–H groups in total. The molecule has 0 heterocycles. The van der Waals surface area contributed by atoms with Gasteiger partial charge >= 0.3 is 19.8 Å². The minimum atomic E-state index is -5.14. The zero-order chi connectivity index (χ0) is 44.4. The summed E-state index contributed by atoms with van der Waals surface area (Å²) in [7, 11) is -5.14. The van der Waals surface area contributed by atoms with E-state index >= 15 is 0 Å². The molecule has 1 aliphatic carbocycles. The second kappa shape index (κ2) is 35.0. The summed E-state index contributed by atoms with van der Waals surface area (Å²) in [5.41, 5.74) is 0. The van der Waals surface area contributed by atoms with Crippen molar-refractivity contribution in [3.63, 3.8) is 0 Å². The third-order valence-corrected chi connectivity index (χ3v) is 10.9. The Bertz CT molecular complexity index is 1300. The highest BCUT2D eigenvalue weighted by atomic mass is 31.2. The van der Waals surface area contributed by atoms with Crippen LogP contribution in [-0.4, -0.2) is 110 Å². The number of phosphoric ester groups is 1. The van der Waals surface area contributed by atoms with E-state index in [-0.39, 0.29) is 12.8 Å². The summed E-state index contributed by atoms with van der Waals surface area (Å²) in [4.78, 5) is 35.6. The average molecular weight is 873 g/mol. The van der Waals surface area contributed by atoms with Crippen LogP contribution >= 0.6 is 7.82 Å². The molecule has 346 valence electrons. The number of hydrogen-bond donors (Lipinski definition) is 7. The number of carbonyl (C=O) groups is 2. The maximum absolute atomic E-state index is 12.8. The van der Waals surface area contributed by atoms with Crippen LogP contribution < -0.4 is 0 Å². The van der Waals surface area contributed by atoms with Gasteiger partial charge in [-0.3, -0.25) is 18.6 Å². The van der Waals surface area contributed by atoms with E-state index < -0.39 is 81.8 Å². The number of ether oxygens (including phenoxy) is 2. The van der Waals surface area contributed by atoms with E-state index in [9.17, 15) is 49.7 Å². The number of unbranched alkanes of at least 4 members (excludes halogenated alkanes) is 13. The number of hydrogen-bond acceptors (Lipinski definition) is 13.